The summed E-state index contributed by atoms with van der Waals surface area (Å²) in [7, 11) is 1.95. The molecular formula is C24H26N6. The number of hydrogen-bond acceptors (Lipinski definition) is 3. The molecule has 30 heavy (non-hydrogen) atoms. The van der Waals surface area contributed by atoms with Crippen LogP contribution < -0.4 is 0 Å². The molecule has 0 bridgehead atoms. The minimum absolute atomic E-state index is 0.0269. The maximum Gasteiger partial charge on any atom is 0.105 e. The van der Waals surface area contributed by atoms with E-state index >= 15 is 0 Å². The van der Waals surface area contributed by atoms with Crippen LogP contribution in [0.15, 0.2) is 55.1 Å². The average Bonchev–Trinajstić information content (AvgIpc) is 3.08. The third-order valence-electron chi connectivity index (χ3n) is 6.75. The van der Waals surface area contributed by atoms with Gasteiger partial charge in [-0.15, -0.1) is 0 Å². The highest BCUT2D eigenvalue weighted by atomic mass is 15.3. The largest absolute Gasteiger partial charge is 0.282 e. The fourth-order valence-electron chi connectivity index (χ4n) is 5.12. The Labute approximate surface area is 175 Å². The van der Waals surface area contributed by atoms with Gasteiger partial charge in [0.15, 0.2) is 0 Å². The number of benzene rings is 1. The first kappa shape index (κ1) is 17.7. The minimum Gasteiger partial charge on any atom is -0.282 e. The summed E-state index contributed by atoms with van der Waals surface area (Å²) in [5, 5.41) is 17.1. The molecule has 2 aliphatic carbocycles. The van der Waals surface area contributed by atoms with Crippen molar-refractivity contribution in [3.63, 3.8) is 0 Å². The number of rotatable bonds is 6. The molecule has 6 nitrogen and oxygen atoms in total. The van der Waals surface area contributed by atoms with Gasteiger partial charge in [-0.2, -0.15) is 15.3 Å². The Hall–Kier alpha value is -3.15. The van der Waals surface area contributed by atoms with E-state index in [-0.39, 0.29) is 6.04 Å². The molecule has 2 aliphatic rings. The van der Waals surface area contributed by atoms with Gasteiger partial charge >= 0.3 is 0 Å². The Kier molecular flexibility index (Phi) is 4.11. The van der Waals surface area contributed by atoms with E-state index in [1.165, 1.54) is 47.3 Å². The van der Waals surface area contributed by atoms with E-state index in [0.29, 0.717) is 0 Å². The lowest BCUT2D eigenvalue weighted by atomic mass is 9.94. The Bertz CT molecular complexity index is 1170. The van der Waals surface area contributed by atoms with Crippen LogP contribution in [0.1, 0.15) is 58.4 Å². The first-order chi connectivity index (χ1) is 14.8. The van der Waals surface area contributed by atoms with Gasteiger partial charge in [-0.25, -0.2) is 0 Å². The molecule has 0 saturated heterocycles. The summed E-state index contributed by atoms with van der Waals surface area (Å²) in [5.74, 6) is 1.70. The number of H-pyrrole nitrogens is 1. The van der Waals surface area contributed by atoms with E-state index in [9.17, 15) is 0 Å². The van der Waals surface area contributed by atoms with Gasteiger partial charge in [0.1, 0.15) is 6.04 Å². The van der Waals surface area contributed by atoms with Crippen LogP contribution in [-0.2, 0) is 26.3 Å². The molecular weight excluding hydrogens is 372 g/mol. The first-order valence-electron chi connectivity index (χ1n) is 10.9. The zero-order valence-corrected chi connectivity index (χ0v) is 17.2. The van der Waals surface area contributed by atoms with Gasteiger partial charge in [-0.3, -0.25) is 14.5 Å². The molecule has 1 N–H and O–H groups in total. The fraction of sp³-hybridized carbons (Fsp3) is 0.375. The molecule has 6 rings (SSSR count). The molecule has 152 valence electrons. The molecule has 4 aromatic rings. The standard InChI is InChI=1S/C24H26N6/c1-29-15-19(13-25-29)24(17-5-3-2-4-6-17)30-14-16(12-26-30)7-9-21-23-20-11-18(20)8-10-22(23)28-27-21/h2-6,12-15,18,20,24H,7-11H2,1H3,(H,27,28). The summed E-state index contributed by atoms with van der Waals surface area (Å²) in [6, 6.07) is 10.5. The van der Waals surface area contributed by atoms with Gasteiger partial charge in [-0.1, -0.05) is 30.3 Å². The predicted molar refractivity (Wildman–Crippen MR) is 114 cm³/mol. The number of nitrogens with one attached hydrogen (secondary N) is 1. The molecule has 1 aromatic carbocycles. The van der Waals surface area contributed by atoms with Crippen LogP contribution in [0.4, 0.5) is 0 Å². The summed E-state index contributed by atoms with van der Waals surface area (Å²) in [5.41, 5.74) is 7.80. The molecule has 1 saturated carbocycles. The smallest absolute Gasteiger partial charge is 0.105 e. The lowest BCUT2D eigenvalue weighted by molar-refractivity contribution is 0.594. The second kappa shape index (κ2) is 6.97. The fourth-order valence-corrected chi connectivity index (χ4v) is 5.12. The topological polar surface area (TPSA) is 64.3 Å². The molecule has 3 heterocycles. The van der Waals surface area contributed by atoms with Crippen molar-refractivity contribution in [2.45, 2.75) is 44.1 Å². The molecule has 3 unspecified atom stereocenters. The van der Waals surface area contributed by atoms with Gasteiger partial charge in [0.25, 0.3) is 0 Å². The highest BCUT2D eigenvalue weighted by molar-refractivity contribution is 5.38. The van der Waals surface area contributed by atoms with Crippen LogP contribution in [-0.4, -0.2) is 29.8 Å². The van der Waals surface area contributed by atoms with Crippen molar-refractivity contribution in [3.05, 3.63) is 88.8 Å². The summed E-state index contributed by atoms with van der Waals surface area (Å²) < 4.78 is 3.92. The second-order valence-electron chi connectivity index (χ2n) is 8.79. The first-order valence-corrected chi connectivity index (χ1v) is 10.9. The van der Waals surface area contributed by atoms with Crippen molar-refractivity contribution in [1.82, 2.24) is 29.8 Å². The van der Waals surface area contributed by atoms with Gasteiger partial charge in [0.05, 0.1) is 18.1 Å². The van der Waals surface area contributed by atoms with Crippen molar-refractivity contribution >= 4 is 0 Å². The number of aromatic amines is 1. The Morgan fingerprint density at radius 2 is 1.97 bits per heavy atom. The number of aromatic nitrogens is 6. The van der Waals surface area contributed by atoms with Gasteiger partial charge in [0, 0.05) is 30.7 Å². The van der Waals surface area contributed by atoms with E-state index in [4.69, 9.17) is 5.10 Å². The van der Waals surface area contributed by atoms with E-state index < -0.39 is 0 Å². The maximum absolute atomic E-state index is 4.74. The van der Waals surface area contributed by atoms with Crippen molar-refractivity contribution in [3.8, 4) is 0 Å². The van der Waals surface area contributed by atoms with E-state index in [1.54, 1.807) is 0 Å². The van der Waals surface area contributed by atoms with Crippen molar-refractivity contribution in [2.75, 3.05) is 0 Å². The number of hydrogen-bond donors (Lipinski definition) is 1. The Balaban J connectivity index is 1.25. The summed E-state index contributed by atoms with van der Waals surface area (Å²) >= 11 is 0. The number of nitrogens with zero attached hydrogens (tertiary/aromatic N) is 5. The lowest BCUT2D eigenvalue weighted by Crippen LogP contribution is -2.12. The van der Waals surface area contributed by atoms with Gasteiger partial charge < -0.3 is 0 Å². The van der Waals surface area contributed by atoms with Crippen LogP contribution in [0.25, 0.3) is 0 Å². The predicted octanol–water partition coefficient (Wildman–Crippen LogP) is 3.81. The SMILES string of the molecule is Cn1cc(C(c2ccccc2)n2cc(CCc3n[nH]c4c3C3CC3CC4)cn2)cn1. The summed E-state index contributed by atoms with van der Waals surface area (Å²) in [4.78, 5) is 0. The van der Waals surface area contributed by atoms with Crippen LogP contribution in [0.5, 0.6) is 0 Å². The normalized spacial score (nSPS) is 20.6. The van der Waals surface area contributed by atoms with Crippen molar-refractivity contribution < 1.29 is 0 Å². The van der Waals surface area contributed by atoms with Crippen LogP contribution >= 0.6 is 0 Å². The van der Waals surface area contributed by atoms with Crippen LogP contribution in [0.2, 0.25) is 0 Å². The molecule has 3 aromatic heterocycles. The van der Waals surface area contributed by atoms with Gasteiger partial charge in [0.2, 0.25) is 0 Å². The minimum atomic E-state index is 0.0269. The summed E-state index contributed by atoms with van der Waals surface area (Å²) in [6.45, 7) is 0. The molecule has 0 aliphatic heterocycles. The van der Waals surface area contributed by atoms with Crippen molar-refractivity contribution in [1.29, 1.82) is 0 Å². The highest BCUT2D eigenvalue weighted by Crippen LogP contribution is 2.55. The highest BCUT2D eigenvalue weighted by Gasteiger charge is 2.44. The quantitative estimate of drug-likeness (QED) is 0.537. The summed E-state index contributed by atoms with van der Waals surface area (Å²) in [6.07, 6.45) is 14.0. The Morgan fingerprint density at radius 3 is 2.80 bits per heavy atom. The molecule has 0 radical (unpaired) electrons. The number of fused-ring (bicyclic) bond motifs is 3. The van der Waals surface area contributed by atoms with Gasteiger partial charge in [-0.05, 0) is 60.6 Å². The molecule has 0 amide bonds. The Morgan fingerprint density at radius 1 is 1.07 bits per heavy atom. The van der Waals surface area contributed by atoms with Crippen LogP contribution in [0, 0.1) is 5.92 Å². The molecule has 0 spiro atoms. The third kappa shape index (κ3) is 3.07. The number of aryl methyl sites for hydroxylation is 4. The third-order valence-corrected chi connectivity index (χ3v) is 6.75. The van der Waals surface area contributed by atoms with E-state index in [2.05, 4.69) is 56.6 Å². The zero-order chi connectivity index (χ0) is 20.1. The molecule has 3 atom stereocenters. The van der Waals surface area contributed by atoms with Crippen molar-refractivity contribution in [2.24, 2.45) is 13.0 Å². The lowest BCUT2D eigenvalue weighted by Gasteiger charge is -2.16. The molecule has 1 fully saturated rings. The average molecular weight is 399 g/mol. The zero-order valence-electron chi connectivity index (χ0n) is 17.2. The van der Waals surface area contributed by atoms with Crippen LogP contribution in [0.3, 0.4) is 0 Å². The van der Waals surface area contributed by atoms with E-state index in [0.717, 1.165) is 30.2 Å². The van der Waals surface area contributed by atoms with E-state index in [1.807, 2.05) is 30.2 Å². The molecule has 6 heteroatoms. The maximum atomic E-state index is 4.74. The monoisotopic (exact) mass is 398 g/mol. The second-order valence-corrected chi connectivity index (χ2v) is 8.79.